The Balaban J connectivity index is 2.83. The maximum Gasteiger partial charge on any atom is 0.244 e. The summed E-state index contributed by atoms with van der Waals surface area (Å²) in [6, 6.07) is 9.15. The van der Waals surface area contributed by atoms with E-state index in [0.717, 1.165) is 12.1 Å². The van der Waals surface area contributed by atoms with Crippen LogP contribution in [0.1, 0.15) is 39.3 Å². The van der Waals surface area contributed by atoms with E-state index in [1.807, 2.05) is 49.1 Å². The van der Waals surface area contributed by atoms with Crippen LogP contribution in [-0.2, 0) is 4.79 Å². The largest absolute Gasteiger partial charge is 0.338 e. The van der Waals surface area contributed by atoms with Gasteiger partial charge in [0.1, 0.15) is 6.04 Å². The van der Waals surface area contributed by atoms with Gasteiger partial charge in [0.2, 0.25) is 5.91 Å². The Morgan fingerprint density at radius 2 is 1.72 bits per heavy atom. The maximum absolute atomic E-state index is 12.4. The molecule has 2 N–H and O–H groups in total. The number of benzene rings is 1. The molecule has 0 radical (unpaired) electrons. The van der Waals surface area contributed by atoms with E-state index < -0.39 is 6.04 Å². The monoisotopic (exact) mass is 248 g/mol. The van der Waals surface area contributed by atoms with Crippen molar-refractivity contribution < 1.29 is 4.79 Å². The van der Waals surface area contributed by atoms with Crippen LogP contribution in [0.5, 0.6) is 0 Å². The zero-order valence-electron chi connectivity index (χ0n) is 11.8. The molecular weight excluding hydrogens is 224 g/mol. The van der Waals surface area contributed by atoms with Crippen LogP contribution in [0.2, 0.25) is 0 Å². The summed E-state index contributed by atoms with van der Waals surface area (Å²) in [5, 5.41) is 0. The fourth-order valence-corrected chi connectivity index (χ4v) is 1.93. The van der Waals surface area contributed by atoms with Crippen LogP contribution in [0.4, 0.5) is 0 Å². The first-order valence-electron chi connectivity index (χ1n) is 6.54. The quantitative estimate of drug-likeness (QED) is 0.870. The fraction of sp³-hybridized carbons (Fsp3) is 0.533. The van der Waals surface area contributed by atoms with Gasteiger partial charge in [0.15, 0.2) is 0 Å². The average molecular weight is 248 g/mol. The van der Waals surface area contributed by atoms with E-state index in [1.165, 1.54) is 0 Å². The average Bonchev–Trinajstić information content (AvgIpc) is 2.34. The number of hydrogen-bond donors (Lipinski definition) is 1. The van der Waals surface area contributed by atoms with Gasteiger partial charge in [-0.3, -0.25) is 4.79 Å². The lowest BCUT2D eigenvalue weighted by molar-refractivity contribution is -0.135. The smallest absolute Gasteiger partial charge is 0.244 e. The Hall–Kier alpha value is -1.35. The van der Waals surface area contributed by atoms with Gasteiger partial charge >= 0.3 is 0 Å². The molecule has 0 bridgehead atoms. The number of nitrogens with two attached hydrogens (primary N) is 1. The molecule has 0 aliphatic carbocycles. The van der Waals surface area contributed by atoms with E-state index in [4.69, 9.17) is 5.73 Å². The van der Waals surface area contributed by atoms with Crippen molar-refractivity contribution >= 4 is 5.91 Å². The molecule has 1 aromatic rings. The second-order valence-electron chi connectivity index (χ2n) is 5.37. The molecule has 0 unspecified atom stereocenters. The van der Waals surface area contributed by atoms with Gasteiger partial charge in [0.25, 0.3) is 0 Å². The lowest BCUT2D eigenvalue weighted by Gasteiger charge is -2.31. The molecule has 1 aromatic carbocycles. The fourth-order valence-electron chi connectivity index (χ4n) is 1.93. The molecule has 0 saturated carbocycles. The van der Waals surface area contributed by atoms with E-state index in [2.05, 4.69) is 13.8 Å². The van der Waals surface area contributed by atoms with Crippen LogP contribution in [0.3, 0.4) is 0 Å². The first-order chi connectivity index (χ1) is 8.43. The number of amides is 1. The van der Waals surface area contributed by atoms with Gasteiger partial charge in [0.05, 0.1) is 0 Å². The zero-order valence-corrected chi connectivity index (χ0v) is 11.8. The second kappa shape index (κ2) is 6.55. The minimum atomic E-state index is -0.563. The molecule has 0 heterocycles. The van der Waals surface area contributed by atoms with E-state index in [9.17, 15) is 4.79 Å². The number of hydrogen-bond acceptors (Lipinski definition) is 2. The van der Waals surface area contributed by atoms with Crippen LogP contribution >= 0.6 is 0 Å². The predicted octanol–water partition coefficient (Wildman–Crippen LogP) is 2.58. The minimum absolute atomic E-state index is 0.00454. The molecule has 0 aliphatic heterocycles. The second-order valence-corrected chi connectivity index (χ2v) is 5.37. The van der Waals surface area contributed by atoms with Crippen LogP contribution in [-0.4, -0.2) is 23.4 Å². The maximum atomic E-state index is 12.4. The van der Waals surface area contributed by atoms with Gasteiger partial charge in [0, 0.05) is 12.6 Å². The van der Waals surface area contributed by atoms with Crippen LogP contribution in [0, 0.1) is 5.92 Å². The van der Waals surface area contributed by atoms with Crippen LogP contribution in [0.15, 0.2) is 30.3 Å². The molecule has 0 aliphatic rings. The molecule has 0 saturated heterocycles. The van der Waals surface area contributed by atoms with Gasteiger partial charge in [-0.05, 0) is 25.3 Å². The highest BCUT2D eigenvalue weighted by Crippen LogP contribution is 2.15. The lowest BCUT2D eigenvalue weighted by Crippen LogP contribution is -2.44. The van der Waals surface area contributed by atoms with Crippen molar-refractivity contribution in [2.75, 3.05) is 6.54 Å². The first-order valence-corrected chi connectivity index (χ1v) is 6.54. The first kappa shape index (κ1) is 14.7. The molecule has 0 spiro atoms. The SMILES string of the molecule is CC(C)CN(C(=O)[C@@H](N)c1ccccc1)C(C)C. The third-order valence-corrected chi connectivity index (χ3v) is 2.89. The van der Waals surface area contributed by atoms with E-state index >= 15 is 0 Å². The summed E-state index contributed by atoms with van der Waals surface area (Å²) in [6.07, 6.45) is 0. The van der Waals surface area contributed by atoms with E-state index in [-0.39, 0.29) is 11.9 Å². The van der Waals surface area contributed by atoms with Gasteiger partial charge < -0.3 is 10.6 Å². The van der Waals surface area contributed by atoms with Gasteiger partial charge in [-0.1, -0.05) is 44.2 Å². The van der Waals surface area contributed by atoms with Crippen molar-refractivity contribution in [1.29, 1.82) is 0 Å². The normalized spacial score (nSPS) is 12.8. The number of carbonyl (C=O) groups excluding carboxylic acids is 1. The Morgan fingerprint density at radius 3 is 2.17 bits per heavy atom. The summed E-state index contributed by atoms with van der Waals surface area (Å²) in [5.41, 5.74) is 6.93. The highest BCUT2D eigenvalue weighted by Gasteiger charge is 2.24. The summed E-state index contributed by atoms with van der Waals surface area (Å²) in [7, 11) is 0. The Labute approximate surface area is 110 Å². The van der Waals surface area contributed by atoms with Crippen molar-refractivity contribution in [3.05, 3.63) is 35.9 Å². The third-order valence-electron chi connectivity index (χ3n) is 2.89. The molecule has 100 valence electrons. The Morgan fingerprint density at radius 1 is 1.17 bits per heavy atom. The molecule has 1 amide bonds. The highest BCUT2D eigenvalue weighted by molar-refractivity contribution is 5.83. The molecule has 1 atom stereocenters. The highest BCUT2D eigenvalue weighted by atomic mass is 16.2. The van der Waals surface area contributed by atoms with E-state index in [1.54, 1.807) is 0 Å². The van der Waals surface area contributed by atoms with Gasteiger partial charge in [-0.15, -0.1) is 0 Å². The molecule has 18 heavy (non-hydrogen) atoms. The molecule has 1 rings (SSSR count). The topological polar surface area (TPSA) is 46.3 Å². The number of carbonyl (C=O) groups is 1. The van der Waals surface area contributed by atoms with E-state index in [0.29, 0.717) is 5.92 Å². The van der Waals surface area contributed by atoms with Gasteiger partial charge in [-0.2, -0.15) is 0 Å². The van der Waals surface area contributed by atoms with Gasteiger partial charge in [-0.25, -0.2) is 0 Å². The van der Waals surface area contributed by atoms with Crippen molar-refractivity contribution in [3.63, 3.8) is 0 Å². The van der Waals surface area contributed by atoms with Crippen molar-refractivity contribution in [1.82, 2.24) is 4.90 Å². The molecule has 3 nitrogen and oxygen atoms in total. The summed E-state index contributed by atoms with van der Waals surface area (Å²) in [6.45, 7) is 9.01. The lowest BCUT2D eigenvalue weighted by atomic mass is 10.0. The van der Waals surface area contributed by atoms with Crippen LogP contribution < -0.4 is 5.73 Å². The zero-order chi connectivity index (χ0) is 13.7. The van der Waals surface area contributed by atoms with Crippen LogP contribution in [0.25, 0.3) is 0 Å². The molecule has 3 heteroatoms. The summed E-state index contributed by atoms with van der Waals surface area (Å²) in [4.78, 5) is 14.3. The van der Waals surface area contributed by atoms with Crippen molar-refractivity contribution in [3.8, 4) is 0 Å². The Bertz CT molecular complexity index is 373. The molecular formula is C15H24N2O. The van der Waals surface area contributed by atoms with Crippen molar-refractivity contribution in [2.24, 2.45) is 11.7 Å². The molecule has 0 fully saturated rings. The predicted molar refractivity (Wildman–Crippen MR) is 75.1 cm³/mol. The number of nitrogens with zero attached hydrogens (tertiary/aromatic N) is 1. The molecule has 0 aromatic heterocycles. The Kier molecular flexibility index (Phi) is 5.35. The standard InChI is InChI=1S/C15H24N2O/c1-11(2)10-17(12(3)4)15(18)14(16)13-8-6-5-7-9-13/h5-9,11-12,14H,10,16H2,1-4H3/t14-/m0/s1. The summed E-state index contributed by atoms with van der Waals surface area (Å²) < 4.78 is 0. The van der Waals surface area contributed by atoms with Crippen molar-refractivity contribution in [2.45, 2.75) is 39.8 Å². The minimum Gasteiger partial charge on any atom is -0.338 e. The third kappa shape index (κ3) is 3.84. The number of rotatable bonds is 5. The summed E-state index contributed by atoms with van der Waals surface area (Å²) >= 11 is 0. The summed E-state index contributed by atoms with van der Waals surface area (Å²) in [5.74, 6) is 0.448.